The van der Waals surface area contributed by atoms with Crippen LogP contribution in [0.3, 0.4) is 0 Å². The summed E-state index contributed by atoms with van der Waals surface area (Å²) in [5, 5.41) is 3.93. The number of aryl methyl sites for hydroxylation is 2. The van der Waals surface area contributed by atoms with Crippen molar-refractivity contribution in [2.24, 2.45) is 5.10 Å². The zero-order valence-corrected chi connectivity index (χ0v) is 12.5. The lowest BCUT2D eigenvalue weighted by Crippen LogP contribution is -2.17. The van der Waals surface area contributed by atoms with Crippen LogP contribution in [0.2, 0.25) is 0 Å². The van der Waals surface area contributed by atoms with Gasteiger partial charge in [0.05, 0.1) is 22.9 Å². The SMILES string of the molecule is CCn1c(C)nc2cc(C(=O)NN=Cc3ccc[nH]3)ccc21. The molecule has 0 radical (unpaired) electrons. The van der Waals surface area contributed by atoms with Crippen LogP contribution in [0.15, 0.2) is 41.6 Å². The highest BCUT2D eigenvalue weighted by Gasteiger charge is 2.10. The Hall–Kier alpha value is -2.89. The second kappa shape index (κ2) is 5.85. The first kappa shape index (κ1) is 14.1. The van der Waals surface area contributed by atoms with Crippen LogP contribution in [0.25, 0.3) is 11.0 Å². The summed E-state index contributed by atoms with van der Waals surface area (Å²) in [7, 11) is 0. The molecular weight excluding hydrogens is 278 g/mol. The maximum absolute atomic E-state index is 12.1. The van der Waals surface area contributed by atoms with Gasteiger partial charge in [-0.1, -0.05) is 0 Å². The van der Waals surface area contributed by atoms with E-state index in [1.165, 1.54) is 0 Å². The summed E-state index contributed by atoms with van der Waals surface area (Å²) in [5.74, 6) is 0.688. The molecule has 0 bridgehead atoms. The average molecular weight is 295 g/mol. The van der Waals surface area contributed by atoms with Crippen LogP contribution in [-0.4, -0.2) is 26.7 Å². The van der Waals surface area contributed by atoms with Gasteiger partial charge in [0.1, 0.15) is 5.82 Å². The quantitative estimate of drug-likeness (QED) is 0.573. The molecule has 0 aliphatic carbocycles. The predicted octanol–water partition coefficient (Wildman–Crippen LogP) is 2.46. The number of aromatic amines is 1. The monoisotopic (exact) mass is 295 g/mol. The summed E-state index contributed by atoms with van der Waals surface area (Å²) in [6.07, 6.45) is 3.36. The van der Waals surface area contributed by atoms with Crippen molar-refractivity contribution in [2.75, 3.05) is 0 Å². The lowest BCUT2D eigenvalue weighted by atomic mass is 10.2. The third-order valence-electron chi connectivity index (χ3n) is 3.51. The highest BCUT2D eigenvalue weighted by Crippen LogP contribution is 2.17. The van der Waals surface area contributed by atoms with Gasteiger partial charge < -0.3 is 9.55 Å². The molecule has 22 heavy (non-hydrogen) atoms. The van der Waals surface area contributed by atoms with Crippen molar-refractivity contribution < 1.29 is 4.79 Å². The number of hydrogen-bond donors (Lipinski definition) is 2. The number of aromatic nitrogens is 3. The topological polar surface area (TPSA) is 75.1 Å². The number of rotatable bonds is 4. The number of imidazole rings is 1. The van der Waals surface area contributed by atoms with Crippen molar-refractivity contribution in [3.8, 4) is 0 Å². The molecule has 3 rings (SSSR count). The van der Waals surface area contributed by atoms with Crippen LogP contribution in [-0.2, 0) is 6.54 Å². The van der Waals surface area contributed by atoms with E-state index < -0.39 is 0 Å². The highest BCUT2D eigenvalue weighted by atomic mass is 16.2. The number of hydrazone groups is 1. The second-order valence-corrected chi connectivity index (χ2v) is 4.93. The standard InChI is InChI=1S/C16H17N5O/c1-3-21-11(2)19-14-9-12(6-7-15(14)21)16(22)20-18-10-13-5-4-8-17-13/h4-10,17H,3H2,1-2H3,(H,20,22). The van der Waals surface area contributed by atoms with Gasteiger partial charge in [-0.2, -0.15) is 5.10 Å². The molecule has 0 unspecified atom stereocenters. The normalized spacial score (nSPS) is 11.4. The fourth-order valence-electron chi connectivity index (χ4n) is 2.44. The summed E-state index contributed by atoms with van der Waals surface area (Å²) in [4.78, 5) is 19.6. The molecule has 0 aliphatic heterocycles. The lowest BCUT2D eigenvalue weighted by Gasteiger charge is -2.03. The number of nitrogens with one attached hydrogen (secondary N) is 2. The van der Waals surface area contributed by atoms with E-state index in [1.54, 1.807) is 24.5 Å². The molecule has 6 heteroatoms. The zero-order chi connectivity index (χ0) is 15.5. The number of carbonyl (C=O) groups is 1. The van der Waals surface area contributed by atoms with Crippen LogP contribution in [0.5, 0.6) is 0 Å². The molecule has 6 nitrogen and oxygen atoms in total. The van der Waals surface area contributed by atoms with Gasteiger partial charge in [0.25, 0.3) is 5.91 Å². The fraction of sp³-hybridized carbons (Fsp3) is 0.188. The number of fused-ring (bicyclic) bond motifs is 1. The summed E-state index contributed by atoms with van der Waals surface area (Å²) in [6, 6.07) is 9.22. The van der Waals surface area contributed by atoms with Crippen molar-refractivity contribution in [3.63, 3.8) is 0 Å². The average Bonchev–Trinajstić information content (AvgIpc) is 3.12. The van der Waals surface area contributed by atoms with E-state index in [0.717, 1.165) is 29.1 Å². The number of nitrogens with zero attached hydrogens (tertiary/aromatic N) is 3. The molecule has 112 valence electrons. The van der Waals surface area contributed by atoms with Crippen molar-refractivity contribution in [2.45, 2.75) is 20.4 Å². The molecule has 0 aliphatic rings. The maximum Gasteiger partial charge on any atom is 0.271 e. The number of benzene rings is 1. The van der Waals surface area contributed by atoms with E-state index in [2.05, 4.69) is 32.0 Å². The molecule has 2 aromatic heterocycles. The highest BCUT2D eigenvalue weighted by molar-refractivity contribution is 5.97. The van der Waals surface area contributed by atoms with Gasteiger partial charge in [-0.25, -0.2) is 10.4 Å². The van der Waals surface area contributed by atoms with Crippen LogP contribution in [0.1, 0.15) is 28.8 Å². The molecule has 0 saturated heterocycles. The number of hydrogen-bond acceptors (Lipinski definition) is 3. The van der Waals surface area contributed by atoms with Gasteiger partial charge in [-0.3, -0.25) is 4.79 Å². The molecule has 0 atom stereocenters. The van der Waals surface area contributed by atoms with E-state index in [-0.39, 0.29) is 5.91 Å². The third kappa shape index (κ3) is 2.63. The van der Waals surface area contributed by atoms with Crippen molar-refractivity contribution in [1.82, 2.24) is 20.0 Å². The minimum absolute atomic E-state index is 0.256. The molecule has 2 heterocycles. The van der Waals surface area contributed by atoms with E-state index in [9.17, 15) is 4.79 Å². The zero-order valence-electron chi connectivity index (χ0n) is 12.5. The third-order valence-corrected chi connectivity index (χ3v) is 3.51. The first-order chi connectivity index (χ1) is 10.7. The Morgan fingerprint density at radius 1 is 1.45 bits per heavy atom. The van der Waals surface area contributed by atoms with E-state index >= 15 is 0 Å². The van der Waals surface area contributed by atoms with Crippen LogP contribution < -0.4 is 5.43 Å². The van der Waals surface area contributed by atoms with E-state index in [1.807, 2.05) is 25.1 Å². The lowest BCUT2D eigenvalue weighted by molar-refractivity contribution is 0.0955. The Balaban J connectivity index is 1.79. The van der Waals surface area contributed by atoms with E-state index in [4.69, 9.17) is 0 Å². The van der Waals surface area contributed by atoms with Crippen LogP contribution in [0, 0.1) is 6.92 Å². The molecule has 0 saturated carbocycles. The van der Waals surface area contributed by atoms with Crippen molar-refractivity contribution in [1.29, 1.82) is 0 Å². The van der Waals surface area contributed by atoms with Gasteiger partial charge in [0.2, 0.25) is 0 Å². The fourth-order valence-corrected chi connectivity index (χ4v) is 2.44. The largest absolute Gasteiger partial charge is 0.360 e. The second-order valence-electron chi connectivity index (χ2n) is 4.93. The molecule has 3 aromatic rings. The Kier molecular flexibility index (Phi) is 3.74. The molecular formula is C16H17N5O. The number of carbonyl (C=O) groups excluding carboxylic acids is 1. The first-order valence-corrected chi connectivity index (χ1v) is 7.12. The van der Waals surface area contributed by atoms with Gasteiger partial charge >= 0.3 is 0 Å². The van der Waals surface area contributed by atoms with Gasteiger partial charge in [-0.05, 0) is 44.2 Å². The molecule has 0 spiro atoms. The van der Waals surface area contributed by atoms with Gasteiger partial charge in [0, 0.05) is 18.3 Å². The molecule has 1 amide bonds. The minimum atomic E-state index is -0.256. The number of amides is 1. The molecule has 2 N–H and O–H groups in total. The smallest absolute Gasteiger partial charge is 0.271 e. The summed E-state index contributed by atoms with van der Waals surface area (Å²) in [6.45, 7) is 4.89. The predicted molar refractivity (Wildman–Crippen MR) is 86.0 cm³/mol. The Bertz CT molecular complexity index is 830. The van der Waals surface area contributed by atoms with Crippen LogP contribution >= 0.6 is 0 Å². The van der Waals surface area contributed by atoms with Crippen molar-refractivity contribution in [3.05, 3.63) is 53.6 Å². The van der Waals surface area contributed by atoms with Gasteiger partial charge in [-0.15, -0.1) is 0 Å². The molecule has 1 aromatic carbocycles. The first-order valence-electron chi connectivity index (χ1n) is 7.12. The Labute approximate surface area is 127 Å². The Morgan fingerprint density at radius 3 is 3.05 bits per heavy atom. The van der Waals surface area contributed by atoms with Crippen molar-refractivity contribution >= 4 is 23.2 Å². The molecule has 0 fully saturated rings. The van der Waals surface area contributed by atoms with E-state index in [0.29, 0.717) is 5.56 Å². The Morgan fingerprint density at radius 2 is 2.32 bits per heavy atom. The summed E-state index contributed by atoms with van der Waals surface area (Å²) in [5.41, 5.74) is 5.73. The summed E-state index contributed by atoms with van der Waals surface area (Å²) >= 11 is 0. The summed E-state index contributed by atoms with van der Waals surface area (Å²) < 4.78 is 2.11. The van der Waals surface area contributed by atoms with Gasteiger partial charge in [0.15, 0.2) is 0 Å². The maximum atomic E-state index is 12.1. The minimum Gasteiger partial charge on any atom is -0.360 e. The van der Waals surface area contributed by atoms with Crippen LogP contribution in [0.4, 0.5) is 0 Å². The number of H-pyrrole nitrogens is 1.